The molecule has 0 atom stereocenters. The first-order chi connectivity index (χ1) is 6.07. The van der Waals surface area contributed by atoms with Crippen LogP contribution in [-0.4, -0.2) is 18.9 Å². The average Bonchev–Trinajstić information content (AvgIpc) is 2.07. The van der Waals surface area contributed by atoms with Gasteiger partial charge in [0.1, 0.15) is 13.5 Å². The van der Waals surface area contributed by atoms with Gasteiger partial charge in [0.15, 0.2) is 0 Å². The molecule has 0 unspecified atom stereocenters. The van der Waals surface area contributed by atoms with Gasteiger partial charge in [0.25, 0.3) is 0 Å². The number of hydrogen-bond donors (Lipinski definition) is 2. The zero-order valence-electron chi connectivity index (χ0n) is 6.52. The highest BCUT2D eigenvalue weighted by molar-refractivity contribution is 6.37. The molecule has 1 rings (SSSR count). The van der Waals surface area contributed by atoms with E-state index in [1.807, 2.05) is 0 Å². The Bertz CT molecular complexity index is 378. The minimum Gasteiger partial charge on any atom is -0.478 e. The van der Waals surface area contributed by atoms with E-state index in [4.69, 9.17) is 18.7 Å². The molecule has 0 aliphatic rings. The molecule has 0 fully saturated rings. The van der Waals surface area contributed by atoms with Crippen molar-refractivity contribution in [2.45, 2.75) is 0 Å². The van der Waals surface area contributed by atoms with Crippen molar-refractivity contribution < 1.29 is 9.90 Å². The molecule has 0 bridgehead atoms. The van der Waals surface area contributed by atoms with Crippen molar-refractivity contribution in [3.05, 3.63) is 22.6 Å². The number of nitrogens with zero attached hydrogens (tertiary/aromatic N) is 1. The van der Waals surface area contributed by atoms with Gasteiger partial charge in [0.2, 0.25) is 0 Å². The van der Waals surface area contributed by atoms with Crippen LogP contribution in [-0.2, 0) is 0 Å². The number of benzene rings is 1. The van der Waals surface area contributed by atoms with E-state index < -0.39 is 5.97 Å². The number of carboxylic acids is 1. The summed E-state index contributed by atoms with van der Waals surface area (Å²) in [7, 11) is 5.33. The fraction of sp³-hybridized carbons (Fsp3) is 0. The number of nitroso groups, excluding NO2 is 1. The van der Waals surface area contributed by atoms with E-state index in [0.29, 0.717) is 0 Å². The number of anilines is 1. The zero-order valence-corrected chi connectivity index (χ0v) is 6.52. The number of nitrogen functional groups attached to an aromatic ring is 1. The van der Waals surface area contributed by atoms with Gasteiger partial charge >= 0.3 is 5.97 Å². The van der Waals surface area contributed by atoms with Gasteiger partial charge in [0, 0.05) is 0 Å². The fourth-order valence-corrected chi connectivity index (χ4v) is 0.946. The standard InChI is InChI=1S/C7H5BN2O3/c8-3-1-2-4(9)6(10-13)5(3)7(11)12/h1-2H,9H2,(H,11,12). The SMILES string of the molecule is [B]c1ccc(N)c(N=O)c1C(=O)O. The summed E-state index contributed by atoms with van der Waals surface area (Å²) in [6.45, 7) is 0. The van der Waals surface area contributed by atoms with Gasteiger partial charge in [0.05, 0.1) is 11.3 Å². The molecular formula is C7H5BN2O3. The van der Waals surface area contributed by atoms with Crippen LogP contribution < -0.4 is 11.2 Å². The van der Waals surface area contributed by atoms with Gasteiger partial charge in [-0.3, -0.25) is 0 Å². The highest BCUT2D eigenvalue weighted by Crippen LogP contribution is 2.24. The number of carboxylic acid groups (broad SMARTS) is 1. The molecule has 0 aliphatic carbocycles. The van der Waals surface area contributed by atoms with Crippen molar-refractivity contribution in [2.75, 3.05) is 5.73 Å². The predicted molar refractivity (Wildman–Crippen MR) is 48.7 cm³/mol. The average molecular weight is 176 g/mol. The molecular weight excluding hydrogens is 171 g/mol. The van der Waals surface area contributed by atoms with Crippen molar-refractivity contribution in [2.24, 2.45) is 5.18 Å². The van der Waals surface area contributed by atoms with Crippen LogP contribution in [0.2, 0.25) is 0 Å². The quantitative estimate of drug-likeness (QED) is 0.381. The third kappa shape index (κ3) is 1.51. The van der Waals surface area contributed by atoms with E-state index in [9.17, 15) is 9.70 Å². The first-order valence-corrected chi connectivity index (χ1v) is 3.32. The first kappa shape index (κ1) is 9.24. The molecule has 0 spiro atoms. The summed E-state index contributed by atoms with van der Waals surface area (Å²) in [4.78, 5) is 20.9. The zero-order chi connectivity index (χ0) is 10.0. The second kappa shape index (κ2) is 3.26. The lowest BCUT2D eigenvalue weighted by atomic mass is 9.89. The van der Waals surface area contributed by atoms with Crippen molar-refractivity contribution in [1.29, 1.82) is 0 Å². The van der Waals surface area contributed by atoms with Crippen LogP contribution in [0.1, 0.15) is 10.4 Å². The van der Waals surface area contributed by atoms with Crippen LogP contribution in [0, 0.1) is 4.91 Å². The lowest BCUT2D eigenvalue weighted by Crippen LogP contribution is -2.16. The molecule has 0 aromatic heterocycles. The van der Waals surface area contributed by atoms with E-state index in [2.05, 4.69) is 5.18 Å². The number of carbonyl (C=O) groups is 1. The van der Waals surface area contributed by atoms with Crippen molar-refractivity contribution in [3.63, 3.8) is 0 Å². The Hall–Kier alpha value is -1.85. The van der Waals surface area contributed by atoms with Gasteiger partial charge in [-0.1, -0.05) is 11.5 Å². The molecule has 0 saturated heterocycles. The molecule has 13 heavy (non-hydrogen) atoms. The molecule has 0 amide bonds. The summed E-state index contributed by atoms with van der Waals surface area (Å²) in [5.41, 5.74) is 4.62. The number of nitrogens with two attached hydrogens (primary N) is 1. The van der Waals surface area contributed by atoms with Gasteiger partial charge in [-0.2, -0.15) is 0 Å². The molecule has 0 saturated carbocycles. The molecule has 1 aromatic rings. The molecule has 2 radical (unpaired) electrons. The monoisotopic (exact) mass is 176 g/mol. The van der Waals surface area contributed by atoms with Gasteiger partial charge < -0.3 is 10.8 Å². The molecule has 5 nitrogen and oxygen atoms in total. The molecule has 0 aliphatic heterocycles. The van der Waals surface area contributed by atoms with Crippen LogP contribution in [0.5, 0.6) is 0 Å². The van der Waals surface area contributed by atoms with Crippen LogP contribution in [0.3, 0.4) is 0 Å². The van der Waals surface area contributed by atoms with Crippen LogP contribution in [0.4, 0.5) is 11.4 Å². The third-order valence-corrected chi connectivity index (χ3v) is 1.55. The van der Waals surface area contributed by atoms with Crippen molar-refractivity contribution in [1.82, 2.24) is 0 Å². The Morgan fingerprint density at radius 3 is 2.54 bits per heavy atom. The Morgan fingerprint density at radius 2 is 2.15 bits per heavy atom. The summed E-state index contributed by atoms with van der Waals surface area (Å²) < 4.78 is 0. The maximum Gasteiger partial charge on any atom is 0.337 e. The summed E-state index contributed by atoms with van der Waals surface area (Å²) in [6.07, 6.45) is 0. The Balaban J connectivity index is 3.52. The number of aromatic carboxylic acids is 1. The van der Waals surface area contributed by atoms with Gasteiger partial charge in [-0.25, -0.2) is 4.79 Å². The third-order valence-electron chi connectivity index (χ3n) is 1.55. The van der Waals surface area contributed by atoms with Crippen molar-refractivity contribution >= 4 is 30.7 Å². The smallest absolute Gasteiger partial charge is 0.337 e. The second-order valence-electron chi connectivity index (χ2n) is 2.36. The fourth-order valence-electron chi connectivity index (χ4n) is 0.946. The largest absolute Gasteiger partial charge is 0.478 e. The molecule has 0 heterocycles. The molecule has 3 N–H and O–H groups in total. The minimum absolute atomic E-state index is 0.00148. The van der Waals surface area contributed by atoms with Crippen LogP contribution in [0.25, 0.3) is 0 Å². The Labute approximate surface area is 74.9 Å². The topological polar surface area (TPSA) is 92.8 Å². The van der Waals surface area contributed by atoms with Crippen LogP contribution in [0.15, 0.2) is 17.3 Å². The Kier molecular flexibility index (Phi) is 2.32. The van der Waals surface area contributed by atoms with E-state index in [0.717, 1.165) is 0 Å². The number of rotatable bonds is 2. The van der Waals surface area contributed by atoms with E-state index in [-0.39, 0.29) is 22.4 Å². The van der Waals surface area contributed by atoms with E-state index in [1.54, 1.807) is 0 Å². The maximum atomic E-state index is 10.6. The highest BCUT2D eigenvalue weighted by Gasteiger charge is 2.15. The molecule has 6 heteroatoms. The van der Waals surface area contributed by atoms with E-state index in [1.165, 1.54) is 12.1 Å². The van der Waals surface area contributed by atoms with Gasteiger partial charge in [-0.15, -0.1) is 4.91 Å². The lowest BCUT2D eigenvalue weighted by molar-refractivity contribution is 0.0699. The first-order valence-electron chi connectivity index (χ1n) is 3.32. The molecule has 1 aromatic carbocycles. The Morgan fingerprint density at radius 1 is 1.54 bits per heavy atom. The summed E-state index contributed by atoms with van der Waals surface area (Å²) >= 11 is 0. The van der Waals surface area contributed by atoms with Gasteiger partial charge in [-0.05, 0) is 11.2 Å². The minimum atomic E-state index is -1.32. The van der Waals surface area contributed by atoms with Crippen LogP contribution >= 0.6 is 0 Å². The summed E-state index contributed by atoms with van der Waals surface area (Å²) in [6, 6.07) is 2.64. The highest BCUT2D eigenvalue weighted by atomic mass is 16.4. The second-order valence-corrected chi connectivity index (χ2v) is 2.36. The summed E-state index contributed by atoms with van der Waals surface area (Å²) in [5, 5.41) is 11.2. The normalized spacial score (nSPS) is 9.54. The lowest BCUT2D eigenvalue weighted by Gasteiger charge is -2.04. The van der Waals surface area contributed by atoms with E-state index >= 15 is 0 Å². The summed E-state index contributed by atoms with van der Waals surface area (Å²) in [5.74, 6) is -1.32. The maximum absolute atomic E-state index is 10.6. The predicted octanol–water partition coefficient (Wildman–Crippen LogP) is 0.159. The number of hydrogen-bond acceptors (Lipinski definition) is 4. The van der Waals surface area contributed by atoms with Crippen molar-refractivity contribution in [3.8, 4) is 0 Å². The molecule has 64 valence electrons.